The van der Waals surface area contributed by atoms with E-state index in [9.17, 15) is 24.9 Å². The first-order chi connectivity index (χ1) is 12.4. The molecule has 0 radical (unpaired) electrons. The second kappa shape index (κ2) is 6.32. The lowest BCUT2D eigenvalue weighted by Gasteiger charge is -2.12. The zero-order valence-corrected chi connectivity index (χ0v) is 13.8. The molecule has 0 fully saturated rings. The highest BCUT2D eigenvalue weighted by molar-refractivity contribution is 5.99. The fraction of sp³-hybridized carbons (Fsp3) is 0.111. The van der Waals surface area contributed by atoms with E-state index in [2.05, 4.69) is 0 Å². The summed E-state index contributed by atoms with van der Waals surface area (Å²) in [6.45, 7) is 0. The van der Waals surface area contributed by atoms with Crippen molar-refractivity contribution in [1.29, 1.82) is 0 Å². The van der Waals surface area contributed by atoms with Crippen molar-refractivity contribution in [3.05, 3.63) is 40.1 Å². The number of aldehydes is 1. The Kier molecular flexibility index (Phi) is 4.17. The lowest BCUT2D eigenvalue weighted by Crippen LogP contribution is -2.05. The van der Waals surface area contributed by atoms with Crippen molar-refractivity contribution >= 4 is 17.3 Å². The lowest BCUT2D eigenvalue weighted by atomic mass is 10.1. The van der Waals surface area contributed by atoms with Crippen molar-refractivity contribution in [2.45, 2.75) is 0 Å². The van der Waals surface area contributed by atoms with Gasteiger partial charge in [-0.05, 0) is 18.2 Å². The summed E-state index contributed by atoms with van der Waals surface area (Å²) in [7, 11) is 2.71. The molecule has 0 spiro atoms. The minimum absolute atomic E-state index is 0.0203. The Labute approximate surface area is 146 Å². The van der Waals surface area contributed by atoms with Crippen molar-refractivity contribution in [1.82, 2.24) is 0 Å². The standard InChI is InChI=1S/C18H14O8/c1-24-15-5-9-11(20)6-14(8-3-12(21)16(23)13(22)4-8)26-17(9)10(7-19)18(15)25-2/h3-7,21-23H,1-2H3. The quantitative estimate of drug-likeness (QED) is 0.479. The molecule has 0 aliphatic carbocycles. The first-order valence-corrected chi connectivity index (χ1v) is 7.34. The van der Waals surface area contributed by atoms with Gasteiger partial charge in [-0.25, -0.2) is 0 Å². The van der Waals surface area contributed by atoms with Crippen LogP contribution < -0.4 is 14.9 Å². The van der Waals surface area contributed by atoms with Crippen LogP contribution in [0.15, 0.2) is 33.5 Å². The number of methoxy groups -OCH3 is 2. The maximum Gasteiger partial charge on any atom is 0.200 e. The molecule has 0 amide bonds. The van der Waals surface area contributed by atoms with Gasteiger partial charge < -0.3 is 29.2 Å². The Morgan fingerprint density at radius 3 is 2.19 bits per heavy atom. The molecule has 3 aromatic rings. The van der Waals surface area contributed by atoms with Crippen LogP contribution in [0.4, 0.5) is 0 Å². The Hall–Kier alpha value is -3.68. The molecule has 134 valence electrons. The molecule has 2 aromatic carbocycles. The summed E-state index contributed by atoms with van der Waals surface area (Å²) in [5.74, 6) is -1.61. The molecule has 0 saturated heterocycles. The van der Waals surface area contributed by atoms with E-state index in [1.54, 1.807) is 0 Å². The third kappa shape index (κ3) is 2.57. The molecule has 8 nitrogen and oxygen atoms in total. The molecule has 1 heterocycles. The van der Waals surface area contributed by atoms with Crippen LogP contribution in [0, 0.1) is 0 Å². The molecule has 0 saturated carbocycles. The number of carbonyl (C=O) groups is 1. The van der Waals surface area contributed by atoms with Gasteiger partial charge in [0.2, 0.25) is 0 Å². The van der Waals surface area contributed by atoms with Gasteiger partial charge in [0, 0.05) is 11.6 Å². The predicted octanol–water partition coefficient (Wildman–Crippen LogP) is 2.41. The van der Waals surface area contributed by atoms with E-state index in [0.29, 0.717) is 6.29 Å². The predicted molar refractivity (Wildman–Crippen MR) is 91.4 cm³/mol. The lowest BCUT2D eigenvalue weighted by molar-refractivity contribution is 0.112. The monoisotopic (exact) mass is 358 g/mol. The number of fused-ring (bicyclic) bond motifs is 1. The molecule has 3 N–H and O–H groups in total. The van der Waals surface area contributed by atoms with Gasteiger partial charge >= 0.3 is 0 Å². The largest absolute Gasteiger partial charge is 0.504 e. The molecular weight excluding hydrogens is 344 g/mol. The highest BCUT2D eigenvalue weighted by atomic mass is 16.5. The van der Waals surface area contributed by atoms with Crippen LogP contribution in [0.1, 0.15) is 10.4 Å². The van der Waals surface area contributed by atoms with Crippen LogP contribution in [-0.4, -0.2) is 35.8 Å². The van der Waals surface area contributed by atoms with E-state index in [0.717, 1.165) is 18.2 Å². The smallest absolute Gasteiger partial charge is 0.200 e. The first kappa shape index (κ1) is 17.2. The SMILES string of the molecule is COc1cc2c(=O)cc(-c3cc(O)c(O)c(O)c3)oc2c(C=O)c1OC. The van der Waals surface area contributed by atoms with E-state index in [4.69, 9.17) is 13.9 Å². The van der Waals surface area contributed by atoms with Crippen molar-refractivity contribution < 1.29 is 34.0 Å². The summed E-state index contributed by atoms with van der Waals surface area (Å²) >= 11 is 0. The zero-order chi connectivity index (χ0) is 19.0. The van der Waals surface area contributed by atoms with E-state index >= 15 is 0 Å². The maximum absolute atomic E-state index is 12.5. The minimum atomic E-state index is -0.697. The van der Waals surface area contributed by atoms with Gasteiger partial charge in [-0.2, -0.15) is 0 Å². The van der Waals surface area contributed by atoms with Crippen molar-refractivity contribution in [3.8, 4) is 40.1 Å². The third-order valence-electron chi connectivity index (χ3n) is 3.87. The van der Waals surface area contributed by atoms with Crippen LogP contribution >= 0.6 is 0 Å². The van der Waals surface area contributed by atoms with E-state index in [-0.39, 0.29) is 39.4 Å². The molecule has 3 rings (SSSR count). The molecular formula is C18H14O8. The highest BCUT2D eigenvalue weighted by Crippen LogP contribution is 2.40. The molecule has 1 aromatic heterocycles. The number of aromatic hydroxyl groups is 3. The summed E-state index contributed by atoms with van der Waals surface area (Å²) < 4.78 is 16.0. The van der Waals surface area contributed by atoms with Gasteiger partial charge in [0.15, 0.2) is 46.0 Å². The molecule has 0 aliphatic rings. The molecule has 8 heteroatoms. The highest BCUT2D eigenvalue weighted by Gasteiger charge is 2.20. The Morgan fingerprint density at radius 1 is 1.00 bits per heavy atom. The second-order valence-electron chi connectivity index (χ2n) is 5.36. The van der Waals surface area contributed by atoms with Gasteiger partial charge in [-0.15, -0.1) is 0 Å². The van der Waals surface area contributed by atoms with Gasteiger partial charge in [0.25, 0.3) is 0 Å². The van der Waals surface area contributed by atoms with Crippen LogP contribution in [0.2, 0.25) is 0 Å². The summed E-state index contributed by atoms with van der Waals surface area (Å²) in [4.78, 5) is 24.1. The van der Waals surface area contributed by atoms with Crippen LogP contribution in [0.5, 0.6) is 28.7 Å². The Morgan fingerprint density at radius 2 is 1.65 bits per heavy atom. The van der Waals surface area contributed by atoms with E-state index < -0.39 is 22.7 Å². The average Bonchev–Trinajstić information content (AvgIpc) is 2.63. The maximum atomic E-state index is 12.5. The summed E-state index contributed by atoms with van der Waals surface area (Å²) in [6.07, 6.45) is 0.474. The van der Waals surface area contributed by atoms with Gasteiger partial charge in [-0.3, -0.25) is 9.59 Å². The fourth-order valence-electron chi connectivity index (χ4n) is 2.63. The first-order valence-electron chi connectivity index (χ1n) is 7.34. The van der Waals surface area contributed by atoms with Crippen molar-refractivity contribution in [3.63, 3.8) is 0 Å². The average molecular weight is 358 g/mol. The number of phenols is 3. The number of hydrogen-bond donors (Lipinski definition) is 3. The number of carbonyl (C=O) groups excluding carboxylic acids is 1. The van der Waals surface area contributed by atoms with E-state index in [1.165, 1.54) is 20.3 Å². The number of ether oxygens (including phenoxy) is 2. The Bertz CT molecular complexity index is 1060. The molecule has 0 bridgehead atoms. The fourth-order valence-corrected chi connectivity index (χ4v) is 2.63. The zero-order valence-electron chi connectivity index (χ0n) is 13.8. The van der Waals surface area contributed by atoms with E-state index in [1.807, 2.05) is 0 Å². The van der Waals surface area contributed by atoms with Gasteiger partial charge in [0.1, 0.15) is 11.3 Å². The van der Waals surface area contributed by atoms with Crippen LogP contribution in [0.25, 0.3) is 22.3 Å². The summed E-state index contributed by atoms with van der Waals surface area (Å²) in [6, 6.07) is 4.75. The molecule has 26 heavy (non-hydrogen) atoms. The van der Waals surface area contributed by atoms with Gasteiger partial charge in [0.05, 0.1) is 19.6 Å². The molecule has 0 aliphatic heterocycles. The number of rotatable bonds is 4. The second-order valence-corrected chi connectivity index (χ2v) is 5.36. The molecule has 0 atom stereocenters. The summed E-state index contributed by atoms with van der Waals surface area (Å²) in [5, 5.41) is 28.8. The summed E-state index contributed by atoms with van der Waals surface area (Å²) in [5.41, 5.74) is -0.402. The Balaban J connectivity index is 2.38. The number of hydrogen-bond acceptors (Lipinski definition) is 8. The minimum Gasteiger partial charge on any atom is -0.504 e. The topological polar surface area (TPSA) is 126 Å². The van der Waals surface area contributed by atoms with Gasteiger partial charge in [-0.1, -0.05) is 0 Å². The third-order valence-corrected chi connectivity index (χ3v) is 3.87. The van der Waals surface area contributed by atoms with Crippen LogP contribution in [-0.2, 0) is 0 Å². The number of benzene rings is 2. The van der Waals surface area contributed by atoms with Crippen LogP contribution in [0.3, 0.4) is 0 Å². The number of phenolic OH excluding ortho intramolecular Hbond substituents is 3. The molecule has 0 unspecified atom stereocenters. The van der Waals surface area contributed by atoms with Crippen molar-refractivity contribution in [2.24, 2.45) is 0 Å². The normalized spacial score (nSPS) is 10.7. The van der Waals surface area contributed by atoms with Crippen molar-refractivity contribution in [2.75, 3.05) is 14.2 Å².